The van der Waals surface area contributed by atoms with Crippen LogP contribution in [0.3, 0.4) is 0 Å². The summed E-state index contributed by atoms with van der Waals surface area (Å²) in [4.78, 5) is 0.766. The van der Waals surface area contributed by atoms with E-state index in [0.717, 1.165) is 4.90 Å². The highest BCUT2D eigenvalue weighted by Crippen LogP contribution is 2.21. The summed E-state index contributed by atoms with van der Waals surface area (Å²) in [6, 6.07) is 7.66. The zero-order valence-corrected chi connectivity index (χ0v) is 10.1. The standard InChI is InChI=1S/C11H17NO2S/c1-9(12-2)8-15(13)11-7-5-4-6-10(11)14-3/h4-7,9,12H,8H2,1-3H3. The Bertz CT molecular complexity index is 341. The van der Waals surface area contributed by atoms with E-state index in [4.69, 9.17) is 4.74 Å². The SMILES string of the molecule is CNC(C)CS(=O)c1ccccc1OC. The second-order valence-corrected chi connectivity index (χ2v) is 4.82. The van der Waals surface area contributed by atoms with Gasteiger partial charge < -0.3 is 10.1 Å². The lowest BCUT2D eigenvalue weighted by molar-refractivity contribution is 0.404. The van der Waals surface area contributed by atoms with Gasteiger partial charge in [0.25, 0.3) is 0 Å². The minimum Gasteiger partial charge on any atom is -0.495 e. The Morgan fingerprint density at radius 3 is 2.73 bits per heavy atom. The Kier molecular flexibility index (Phi) is 4.78. The van der Waals surface area contributed by atoms with Crippen molar-refractivity contribution in [2.45, 2.75) is 17.9 Å². The summed E-state index contributed by atoms with van der Waals surface area (Å²) in [5, 5.41) is 3.07. The maximum atomic E-state index is 12.0. The highest BCUT2D eigenvalue weighted by molar-refractivity contribution is 7.85. The van der Waals surface area contributed by atoms with Gasteiger partial charge in [0.05, 0.1) is 22.8 Å². The van der Waals surface area contributed by atoms with Crippen molar-refractivity contribution in [3.05, 3.63) is 24.3 Å². The van der Waals surface area contributed by atoms with E-state index in [2.05, 4.69) is 5.32 Å². The molecule has 0 saturated heterocycles. The van der Waals surface area contributed by atoms with Crippen LogP contribution < -0.4 is 10.1 Å². The first-order valence-electron chi connectivity index (χ1n) is 4.87. The molecular weight excluding hydrogens is 210 g/mol. The number of hydrogen-bond donors (Lipinski definition) is 1. The predicted molar refractivity (Wildman–Crippen MR) is 62.8 cm³/mol. The molecule has 0 saturated carbocycles. The summed E-state index contributed by atoms with van der Waals surface area (Å²) in [7, 11) is 2.45. The molecule has 2 atom stereocenters. The van der Waals surface area contributed by atoms with E-state index in [9.17, 15) is 4.21 Å². The molecule has 2 unspecified atom stereocenters. The van der Waals surface area contributed by atoms with E-state index in [1.807, 2.05) is 38.2 Å². The number of benzene rings is 1. The van der Waals surface area contributed by atoms with Gasteiger partial charge in [0.2, 0.25) is 0 Å². The number of nitrogens with one attached hydrogen (secondary N) is 1. The van der Waals surface area contributed by atoms with Crippen molar-refractivity contribution in [3.8, 4) is 5.75 Å². The molecule has 1 rings (SSSR count). The van der Waals surface area contributed by atoms with Gasteiger partial charge in [-0.05, 0) is 26.1 Å². The van der Waals surface area contributed by atoms with Gasteiger partial charge >= 0.3 is 0 Å². The first-order chi connectivity index (χ1) is 7.19. The molecular formula is C11H17NO2S. The van der Waals surface area contributed by atoms with E-state index in [0.29, 0.717) is 11.5 Å². The van der Waals surface area contributed by atoms with Gasteiger partial charge in [-0.2, -0.15) is 0 Å². The molecule has 1 N–H and O–H groups in total. The van der Waals surface area contributed by atoms with Crippen molar-refractivity contribution >= 4 is 10.8 Å². The van der Waals surface area contributed by atoms with E-state index < -0.39 is 10.8 Å². The fraction of sp³-hybridized carbons (Fsp3) is 0.455. The van der Waals surface area contributed by atoms with Gasteiger partial charge in [-0.3, -0.25) is 4.21 Å². The van der Waals surface area contributed by atoms with Crippen molar-refractivity contribution in [2.24, 2.45) is 0 Å². The third-order valence-corrected chi connectivity index (χ3v) is 3.84. The maximum Gasteiger partial charge on any atom is 0.134 e. The topological polar surface area (TPSA) is 38.3 Å². The molecule has 0 aromatic heterocycles. The first kappa shape index (κ1) is 12.2. The number of hydrogen-bond acceptors (Lipinski definition) is 3. The predicted octanol–water partition coefficient (Wildman–Crippen LogP) is 1.41. The largest absolute Gasteiger partial charge is 0.495 e. The van der Waals surface area contributed by atoms with Gasteiger partial charge in [-0.15, -0.1) is 0 Å². The van der Waals surface area contributed by atoms with Crippen LogP contribution >= 0.6 is 0 Å². The number of methoxy groups -OCH3 is 1. The molecule has 0 aliphatic rings. The summed E-state index contributed by atoms with van der Waals surface area (Å²) < 4.78 is 17.2. The van der Waals surface area contributed by atoms with Crippen molar-refractivity contribution < 1.29 is 8.95 Å². The van der Waals surface area contributed by atoms with Gasteiger partial charge in [0.1, 0.15) is 5.75 Å². The molecule has 0 bridgehead atoms. The molecule has 0 spiro atoms. The van der Waals surface area contributed by atoms with Gasteiger partial charge in [0, 0.05) is 11.8 Å². The van der Waals surface area contributed by atoms with Crippen molar-refractivity contribution in [1.29, 1.82) is 0 Å². The summed E-state index contributed by atoms with van der Waals surface area (Å²) in [5.41, 5.74) is 0. The van der Waals surface area contributed by atoms with Crippen molar-refractivity contribution in [3.63, 3.8) is 0 Å². The molecule has 0 heterocycles. The molecule has 84 valence electrons. The Morgan fingerprint density at radius 1 is 1.47 bits per heavy atom. The van der Waals surface area contributed by atoms with Crippen LogP contribution in [0.1, 0.15) is 6.92 Å². The number of ether oxygens (including phenoxy) is 1. The number of rotatable bonds is 5. The quantitative estimate of drug-likeness (QED) is 0.826. The summed E-state index contributed by atoms with van der Waals surface area (Å²) in [5.74, 6) is 1.29. The van der Waals surface area contributed by atoms with E-state index in [1.165, 1.54) is 0 Å². The minimum absolute atomic E-state index is 0.232. The molecule has 0 aliphatic carbocycles. The fourth-order valence-electron chi connectivity index (χ4n) is 1.21. The molecule has 15 heavy (non-hydrogen) atoms. The van der Waals surface area contributed by atoms with Gasteiger partial charge in [-0.25, -0.2) is 0 Å². The second-order valence-electron chi connectivity index (χ2n) is 3.35. The Balaban J connectivity index is 2.81. The van der Waals surface area contributed by atoms with Gasteiger partial charge in [-0.1, -0.05) is 12.1 Å². The highest BCUT2D eigenvalue weighted by atomic mass is 32.2. The van der Waals surface area contributed by atoms with Crippen LogP contribution in [-0.4, -0.2) is 30.2 Å². The zero-order valence-electron chi connectivity index (χ0n) is 9.32. The van der Waals surface area contributed by atoms with E-state index in [-0.39, 0.29) is 6.04 Å². The molecule has 1 aromatic carbocycles. The second kappa shape index (κ2) is 5.88. The third-order valence-electron chi connectivity index (χ3n) is 2.21. The Morgan fingerprint density at radius 2 is 2.13 bits per heavy atom. The summed E-state index contributed by atoms with van der Waals surface area (Å²) in [6.45, 7) is 2.01. The molecule has 0 amide bonds. The molecule has 0 aliphatic heterocycles. The smallest absolute Gasteiger partial charge is 0.134 e. The molecule has 3 nitrogen and oxygen atoms in total. The van der Waals surface area contributed by atoms with Crippen LogP contribution in [0.25, 0.3) is 0 Å². The average molecular weight is 227 g/mol. The normalized spacial score (nSPS) is 14.6. The lowest BCUT2D eigenvalue weighted by atomic mass is 10.3. The van der Waals surface area contributed by atoms with E-state index >= 15 is 0 Å². The van der Waals surface area contributed by atoms with Crippen LogP contribution in [0, 0.1) is 0 Å². The molecule has 1 aromatic rings. The van der Waals surface area contributed by atoms with Crippen LogP contribution in [0.15, 0.2) is 29.2 Å². The van der Waals surface area contributed by atoms with Crippen LogP contribution in [0.2, 0.25) is 0 Å². The van der Waals surface area contributed by atoms with Gasteiger partial charge in [0.15, 0.2) is 0 Å². The Hall–Kier alpha value is -0.870. The summed E-state index contributed by atoms with van der Waals surface area (Å²) >= 11 is 0. The Labute approximate surface area is 93.3 Å². The third kappa shape index (κ3) is 3.32. The van der Waals surface area contributed by atoms with Crippen LogP contribution in [0.4, 0.5) is 0 Å². The lowest BCUT2D eigenvalue weighted by Crippen LogP contribution is -2.27. The minimum atomic E-state index is -1.01. The number of para-hydroxylation sites is 1. The van der Waals surface area contributed by atoms with Crippen LogP contribution in [0.5, 0.6) is 5.75 Å². The molecule has 4 heteroatoms. The highest BCUT2D eigenvalue weighted by Gasteiger charge is 2.12. The fourth-order valence-corrected chi connectivity index (χ4v) is 2.61. The van der Waals surface area contributed by atoms with E-state index in [1.54, 1.807) is 7.11 Å². The average Bonchev–Trinajstić information content (AvgIpc) is 2.28. The maximum absolute atomic E-state index is 12.0. The van der Waals surface area contributed by atoms with Crippen LogP contribution in [-0.2, 0) is 10.8 Å². The van der Waals surface area contributed by atoms with Crippen molar-refractivity contribution in [2.75, 3.05) is 19.9 Å². The molecule has 0 radical (unpaired) electrons. The first-order valence-corrected chi connectivity index (χ1v) is 6.19. The molecule has 0 fully saturated rings. The summed E-state index contributed by atoms with van der Waals surface area (Å²) in [6.07, 6.45) is 0. The zero-order chi connectivity index (χ0) is 11.3. The van der Waals surface area contributed by atoms with Crippen molar-refractivity contribution in [1.82, 2.24) is 5.32 Å². The lowest BCUT2D eigenvalue weighted by Gasteiger charge is -2.11. The monoisotopic (exact) mass is 227 g/mol.